The lowest BCUT2D eigenvalue weighted by Gasteiger charge is -2.08. The van der Waals surface area contributed by atoms with E-state index >= 15 is 0 Å². The van der Waals surface area contributed by atoms with Gasteiger partial charge in [-0.1, -0.05) is 0 Å². The molecule has 0 atom stereocenters. The Balaban J connectivity index is 1.78. The van der Waals surface area contributed by atoms with Crippen LogP contribution in [0.4, 0.5) is 16.4 Å². The highest BCUT2D eigenvalue weighted by molar-refractivity contribution is 7.18. The maximum atomic E-state index is 12.5. The molecule has 0 saturated heterocycles. The Morgan fingerprint density at radius 3 is 2.70 bits per heavy atom. The largest absolute Gasteiger partial charge is 0.462 e. The molecule has 1 aliphatic rings. The fourth-order valence-corrected chi connectivity index (χ4v) is 3.48. The minimum absolute atomic E-state index is 0.135. The van der Waals surface area contributed by atoms with Gasteiger partial charge < -0.3 is 15.4 Å². The van der Waals surface area contributed by atoms with Crippen LogP contribution in [0.1, 0.15) is 45.4 Å². The van der Waals surface area contributed by atoms with Gasteiger partial charge in [-0.15, -0.1) is 11.3 Å². The van der Waals surface area contributed by atoms with Crippen molar-refractivity contribution in [3.05, 3.63) is 50.4 Å². The number of anilines is 2. The third kappa shape index (κ3) is 4.43. The van der Waals surface area contributed by atoms with E-state index in [0.717, 1.165) is 24.2 Å². The van der Waals surface area contributed by atoms with Crippen LogP contribution in [0.5, 0.6) is 0 Å². The van der Waals surface area contributed by atoms with Gasteiger partial charge >= 0.3 is 5.97 Å². The molecular formula is C18H19N3O5S. The summed E-state index contributed by atoms with van der Waals surface area (Å²) in [5.41, 5.74) is 1.15. The predicted molar refractivity (Wildman–Crippen MR) is 103 cm³/mol. The third-order valence-corrected chi connectivity index (χ3v) is 5.14. The van der Waals surface area contributed by atoms with E-state index in [1.165, 1.54) is 6.07 Å². The molecule has 2 aromatic rings. The number of hydrogen-bond donors (Lipinski definition) is 2. The van der Waals surface area contributed by atoms with Gasteiger partial charge in [-0.25, -0.2) is 4.79 Å². The highest BCUT2D eigenvalue weighted by Crippen LogP contribution is 2.32. The average Bonchev–Trinajstić information content (AvgIpc) is 3.36. The van der Waals surface area contributed by atoms with Crippen molar-refractivity contribution in [2.45, 2.75) is 32.7 Å². The highest BCUT2D eigenvalue weighted by Gasteiger charge is 2.26. The zero-order chi connectivity index (χ0) is 19.6. The maximum absolute atomic E-state index is 12.5. The summed E-state index contributed by atoms with van der Waals surface area (Å²) in [5.74, 6) is -0.917. The molecule has 2 N–H and O–H groups in total. The van der Waals surface area contributed by atoms with Crippen molar-refractivity contribution in [1.82, 2.24) is 0 Å². The van der Waals surface area contributed by atoms with E-state index in [2.05, 4.69) is 10.6 Å². The standard InChI is InChI=1S/C18H19N3O5S/c1-3-26-18(23)16-10(2)8-15(27-16)20-17(22)11-4-7-13(19-12-5-6-12)14(9-11)21(24)25/h4,7-9,12,19H,3,5-6H2,1-2H3,(H,20,22). The van der Waals surface area contributed by atoms with Crippen molar-refractivity contribution in [1.29, 1.82) is 0 Å². The monoisotopic (exact) mass is 389 g/mol. The van der Waals surface area contributed by atoms with Crippen LogP contribution in [0.2, 0.25) is 0 Å². The van der Waals surface area contributed by atoms with Crippen molar-refractivity contribution in [3.8, 4) is 0 Å². The summed E-state index contributed by atoms with van der Waals surface area (Å²) in [4.78, 5) is 35.6. The number of rotatable bonds is 7. The van der Waals surface area contributed by atoms with Gasteiger partial charge in [0.05, 0.1) is 16.5 Å². The van der Waals surface area contributed by atoms with Crippen LogP contribution in [0.15, 0.2) is 24.3 Å². The van der Waals surface area contributed by atoms with Crippen molar-refractivity contribution < 1.29 is 19.2 Å². The average molecular weight is 389 g/mol. The van der Waals surface area contributed by atoms with Gasteiger partial charge in [-0.05, 0) is 50.5 Å². The zero-order valence-corrected chi connectivity index (χ0v) is 15.7. The smallest absolute Gasteiger partial charge is 0.348 e. The number of nitrogens with zero attached hydrogens (tertiary/aromatic N) is 1. The molecule has 3 rings (SSSR count). The number of hydrogen-bond acceptors (Lipinski definition) is 7. The summed E-state index contributed by atoms with van der Waals surface area (Å²) < 4.78 is 4.98. The molecule has 1 aromatic heterocycles. The molecule has 142 valence electrons. The maximum Gasteiger partial charge on any atom is 0.348 e. The molecule has 9 heteroatoms. The first-order valence-electron chi connectivity index (χ1n) is 8.53. The summed E-state index contributed by atoms with van der Waals surface area (Å²) in [6.45, 7) is 3.74. The molecule has 0 bridgehead atoms. The molecule has 1 aromatic carbocycles. The molecule has 27 heavy (non-hydrogen) atoms. The van der Waals surface area contributed by atoms with Gasteiger partial charge in [0.2, 0.25) is 0 Å². The van der Waals surface area contributed by atoms with E-state index in [1.54, 1.807) is 32.0 Å². The van der Waals surface area contributed by atoms with Crippen LogP contribution >= 0.6 is 11.3 Å². The molecule has 1 heterocycles. The molecular weight excluding hydrogens is 370 g/mol. The minimum atomic E-state index is -0.504. The second-order valence-corrected chi connectivity index (χ2v) is 7.26. The van der Waals surface area contributed by atoms with Gasteiger partial charge in [0.15, 0.2) is 0 Å². The van der Waals surface area contributed by atoms with Gasteiger partial charge in [0, 0.05) is 17.7 Å². The first-order chi connectivity index (χ1) is 12.9. The van der Waals surface area contributed by atoms with Crippen molar-refractivity contribution in [2.75, 3.05) is 17.2 Å². The number of nitrogens with one attached hydrogen (secondary N) is 2. The van der Waals surface area contributed by atoms with Gasteiger partial charge in [-0.3, -0.25) is 14.9 Å². The SMILES string of the molecule is CCOC(=O)c1sc(NC(=O)c2ccc(NC3CC3)c([N+](=O)[O-])c2)cc1C. The molecule has 8 nitrogen and oxygen atoms in total. The number of amides is 1. The lowest BCUT2D eigenvalue weighted by atomic mass is 10.1. The lowest BCUT2D eigenvalue weighted by molar-refractivity contribution is -0.384. The van der Waals surface area contributed by atoms with Crippen LogP contribution in [0, 0.1) is 17.0 Å². The number of esters is 1. The zero-order valence-electron chi connectivity index (χ0n) is 14.9. The van der Waals surface area contributed by atoms with E-state index in [-0.39, 0.29) is 23.9 Å². The Morgan fingerprint density at radius 2 is 2.07 bits per heavy atom. The van der Waals surface area contributed by atoms with Gasteiger partial charge in [0.25, 0.3) is 11.6 Å². The molecule has 0 unspecified atom stereocenters. The second-order valence-electron chi connectivity index (χ2n) is 6.21. The number of benzene rings is 1. The molecule has 0 aliphatic heterocycles. The number of nitro groups is 1. The highest BCUT2D eigenvalue weighted by atomic mass is 32.1. The summed E-state index contributed by atoms with van der Waals surface area (Å²) in [5, 5.41) is 17.6. The first kappa shape index (κ1) is 18.8. The number of nitro benzene ring substituents is 1. The molecule has 0 radical (unpaired) electrons. The number of thiophene rings is 1. The van der Waals surface area contributed by atoms with Crippen LogP contribution in [0.25, 0.3) is 0 Å². The summed E-state index contributed by atoms with van der Waals surface area (Å²) in [6.07, 6.45) is 1.97. The molecule has 1 saturated carbocycles. The first-order valence-corrected chi connectivity index (χ1v) is 9.34. The van der Waals surface area contributed by atoms with E-state index < -0.39 is 16.8 Å². The Labute approximate surface area is 159 Å². The normalized spacial score (nSPS) is 13.1. The fraction of sp³-hybridized carbons (Fsp3) is 0.333. The summed E-state index contributed by atoms with van der Waals surface area (Å²) >= 11 is 1.11. The Hall–Kier alpha value is -2.94. The van der Waals surface area contributed by atoms with Crippen LogP contribution in [0.3, 0.4) is 0 Å². The number of ether oxygens (including phenoxy) is 1. The Morgan fingerprint density at radius 1 is 1.33 bits per heavy atom. The van der Waals surface area contributed by atoms with Crippen molar-refractivity contribution in [2.24, 2.45) is 0 Å². The molecule has 0 spiro atoms. The van der Waals surface area contributed by atoms with E-state index in [4.69, 9.17) is 4.74 Å². The summed E-state index contributed by atoms with van der Waals surface area (Å²) in [7, 11) is 0. The number of carbonyl (C=O) groups is 2. The van der Waals surface area contributed by atoms with E-state index in [0.29, 0.717) is 21.1 Å². The van der Waals surface area contributed by atoms with Gasteiger partial charge in [0.1, 0.15) is 10.6 Å². The Kier molecular flexibility index (Phi) is 5.41. The Bertz CT molecular complexity index is 904. The van der Waals surface area contributed by atoms with Crippen LogP contribution in [-0.2, 0) is 4.74 Å². The second kappa shape index (κ2) is 7.75. The third-order valence-electron chi connectivity index (χ3n) is 4.01. The summed E-state index contributed by atoms with van der Waals surface area (Å²) in [6, 6.07) is 6.28. The minimum Gasteiger partial charge on any atom is -0.462 e. The van der Waals surface area contributed by atoms with Gasteiger partial charge in [-0.2, -0.15) is 0 Å². The van der Waals surface area contributed by atoms with E-state index in [9.17, 15) is 19.7 Å². The van der Waals surface area contributed by atoms with Crippen LogP contribution in [-0.4, -0.2) is 29.4 Å². The van der Waals surface area contributed by atoms with E-state index in [1.807, 2.05) is 0 Å². The number of carbonyl (C=O) groups excluding carboxylic acids is 2. The van der Waals surface area contributed by atoms with Crippen molar-refractivity contribution in [3.63, 3.8) is 0 Å². The molecule has 1 fully saturated rings. The molecule has 1 amide bonds. The lowest BCUT2D eigenvalue weighted by Crippen LogP contribution is -2.12. The van der Waals surface area contributed by atoms with Crippen molar-refractivity contribution >= 4 is 39.6 Å². The fourth-order valence-electron chi connectivity index (χ4n) is 2.52. The quantitative estimate of drug-likeness (QED) is 0.421. The predicted octanol–water partition coefficient (Wildman–Crippen LogP) is 3.97. The topological polar surface area (TPSA) is 111 Å². The molecule has 1 aliphatic carbocycles. The number of aryl methyl sites for hydroxylation is 1. The van der Waals surface area contributed by atoms with Crippen LogP contribution < -0.4 is 10.6 Å².